The second kappa shape index (κ2) is 10.3. The van der Waals surface area contributed by atoms with Crippen LogP contribution in [-0.4, -0.2) is 38.5 Å². The maximum absolute atomic E-state index is 12.3. The maximum Gasteiger partial charge on any atom is 0.271 e. The third-order valence-corrected chi connectivity index (χ3v) is 5.72. The first kappa shape index (κ1) is 23.4. The van der Waals surface area contributed by atoms with Crippen molar-refractivity contribution in [2.45, 2.75) is 18.7 Å². The van der Waals surface area contributed by atoms with E-state index < -0.39 is 4.92 Å². The van der Waals surface area contributed by atoms with Gasteiger partial charge in [0.05, 0.1) is 28.5 Å². The molecule has 2 aromatic carbocycles. The molecule has 0 aliphatic carbocycles. The van der Waals surface area contributed by atoms with Crippen molar-refractivity contribution in [1.29, 1.82) is 0 Å². The number of thioether (sulfide) groups is 1. The SMILES string of the molecule is COc1cc(C)ccc1OCc1nnc(SCC(=O)Nc2cc([N+](=O)[O-])ccc2Cl)n1C. The van der Waals surface area contributed by atoms with Crippen LogP contribution in [-0.2, 0) is 18.4 Å². The van der Waals surface area contributed by atoms with Gasteiger partial charge in [0.2, 0.25) is 5.91 Å². The van der Waals surface area contributed by atoms with Crippen LogP contribution in [0.5, 0.6) is 11.5 Å². The number of rotatable bonds is 9. The van der Waals surface area contributed by atoms with Gasteiger partial charge in [-0.1, -0.05) is 29.4 Å². The molecule has 0 radical (unpaired) electrons. The highest BCUT2D eigenvalue weighted by atomic mass is 35.5. The van der Waals surface area contributed by atoms with Gasteiger partial charge in [0, 0.05) is 19.2 Å². The van der Waals surface area contributed by atoms with E-state index >= 15 is 0 Å². The minimum Gasteiger partial charge on any atom is -0.493 e. The predicted molar refractivity (Wildman–Crippen MR) is 121 cm³/mol. The maximum atomic E-state index is 12.3. The number of benzene rings is 2. The zero-order valence-corrected chi connectivity index (χ0v) is 19.1. The van der Waals surface area contributed by atoms with Crippen LogP contribution in [0, 0.1) is 17.0 Å². The largest absolute Gasteiger partial charge is 0.493 e. The minimum absolute atomic E-state index is 0.0115. The molecule has 0 spiro atoms. The smallest absolute Gasteiger partial charge is 0.271 e. The molecule has 1 amide bonds. The number of nitro groups is 1. The summed E-state index contributed by atoms with van der Waals surface area (Å²) in [6.45, 7) is 2.13. The zero-order chi connectivity index (χ0) is 23.3. The summed E-state index contributed by atoms with van der Waals surface area (Å²) < 4.78 is 12.9. The topological polar surface area (TPSA) is 121 Å². The molecule has 0 bridgehead atoms. The number of carbonyl (C=O) groups is 1. The van der Waals surface area contributed by atoms with Gasteiger partial charge in [-0.2, -0.15) is 0 Å². The number of aryl methyl sites for hydroxylation is 1. The highest BCUT2D eigenvalue weighted by Crippen LogP contribution is 2.29. The molecule has 1 N–H and O–H groups in total. The molecule has 0 aliphatic rings. The summed E-state index contributed by atoms with van der Waals surface area (Å²) in [6.07, 6.45) is 0. The Kier molecular flexibility index (Phi) is 7.54. The van der Waals surface area contributed by atoms with Crippen molar-refractivity contribution in [1.82, 2.24) is 14.8 Å². The lowest BCUT2D eigenvalue weighted by Crippen LogP contribution is -2.15. The number of non-ortho nitro benzene ring substituents is 1. The number of methoxy groups -OCH3 is 1. The lowest BCUT2D eigenvalue weighted by atomic mass is 10.2. The Balaban J connectivity index is 1.59. The molecule has 3 rings (SSSR count). The van der Waals surface area contributed by atoms with E-state index in [0.29, 0.717) is 22.5 Å². The lowest BCUT2D eigenvalue weighted by molar-refractivity contribution is -0.384. The van der Waals surface area contributed by atoms with E-state index in [0.717, 1.165) is 17.3 Å². The molecule has 12 heteroatoms. The normalized spacial score (nSPS) is 10.6. The fourth-order valence-electron chi connectivity index (χ4n) is 2.67. The first-order valence-electron chi connectivity index (χ1n) is 9.30. The van der Waals surface area contributed by atoms with E-state index in [-0.39, 0.29) is 34.7 Å². The van der Waals surface area contributed by atoms with Crippen LogP contribution in [0.15, 0.2) is 41.6 Å². The van der Waals surface area contributed by atoms with E-state index in [4.69, 9.17) is 21.1 Å². The van der Waals surface area contributed by atoms with Gasteiger partial charge in [-0.05, 0) is 30.7 Å². The van der Waals surface area contributed by atoms with Gasteiger partial charge in [0.25, 0.3) is 5.69 Å². The van der Waals surface area contributed by atoms with E-state index in [1.165, 1.54) is 18.2 Å². The van der Waals surface area contributed by atoms with Crippen molar-refractivity contribution >= 4 is 40.6 Å². The molecule has 1 heterocycles. The third kappa shape index (κ3) is 5.68. The summed E-state index contributed by atoms with van der Waals surface area (Å²) in [5.74, 6) is 1.40. The molecule has 0 aliphatic heterocycles. The minimum atomic E-state index is -0.559. The van der Waals surface area contributed by atoms with Crippen molar-refractivity contribution in [3.05, 3.63) is 62.9 Å². The molecule has 0 atom stereocenters. The molecule has 168 valence electrons. The van der Waals surface area contributed by atoms with Crippen LogP contribution in [0.1, 0.15) is 11.4 Å². The second-order valence-corrected chi connectivity index (χ2v) is 8.01. The fraction of sp³-hybridized carbons (Fsp3) is 0.250. The van der Waals surface area contributed by atoms with Gasteiger partial charge in [0.1, 0.15) is 6.61 Å². The molecule has 32 heavy (non-hydrogen) atoms. The predicted octanol–water partition coefficient (Wildman–Crippen LogP) is 4.00. The average molecular weight is 478 g/mol. The molecule has 1 aromatic heterocycles. The van der Waals surface area contributed by atoms with Crippen molar-refractivity contribution in [2.24, 2.45) is 7.05 Å². The Hall–Kier alpha value is -3.31. The summed E-state index contributed by atoms with van der Waals surface area (Å²) in [7, 11) is 3.34. The van der Waals surface area contributed by atoms with Gasteiger partial charge in [0.15, 0.2) is 22.5 Å². The number of hydrogen-bond donors (Lipinski definition) is 1. The van der Waals surface area contributed by atoms with Crippen LogP contribution >= 0.6 is 23.4 Å². The zero-order valence-electron chi connectivity index (χ0n) is 17.5. The van der Waals surface area contributed by atoms with Gasteiger partial charge >= 0.3 is 0 Å². The number of hydrogen-bond acceptors (Lipinski definition) is 8. The van der Waals surface area contributed by atoms with Gasteiger partial charge in [-0.3, -0.25) is 14.9 Å². The molecule has 0 unspecified atom stereocenters. The van der Waals surface area contributed by atoms with E-state index in [1.807, 2.05) is 25.1 Å². The number of carbonyl (C=O) groups excluding carboxylic acids is 1. The first-order chi connectivity index (χ1) is 15.3. The van der Waals surface area contributed by atoms with Crippen LogP contribution < -0.4 is 14.8 Å². The second-order valence-electron chi connectivity index (χ2n) is 6.66. The number of nitrogens with zero attached hydrogens (tertiary/aromatic N) is 4. The summed E-state index contributed by atoms with van der Waals surface area (Å²) >= 11 is 7.18. The van der Waals surface area contributed by atoms with Crippen LogP contribution in [0.2, 0.25) is 5.02 Å². The van der Waals surface area contributed by atoms with Crippen molar-refractivity contribution in [2.75, 3.05) is 18.2 Å². The molecule has 10 nitrogen and oxygen atoms in total. The van der Waals surface area contributed by atoms with E-state index in [1.54, 1.807) is 18.7 Å². The van der Waals surface area contributed by atoms with Crippen molar-refractivity contribution < 1.29 is 19.2 Å². The Labute approximate surface area is 193 Å². The van der Waals surface area contributed by atoms with Crippen molar-refractivity contribution in [3.63, 3.8) is 0 Å². The van der Waals surface area contributed by atoms with Gasteiger partial charge in [-0.15, -0.1) is 10.2 Å². The monoisotopic (exact) mass is 477 g/mol. The molecular formula is C20H20ClN5O5S. The van der Waals surface area contributed by atoms with Gasteiger partial charge in [-0.25, -0.2) is 0 Å². The number of halogens is 1. The first-order valence-corrected chi connectivity index (χ1v) is 10.7. The fourth-order valence-corrected chi connectivity index (χ4v) is 3.57. The Morgan fingerprint density at radius 2 is 2.03 bits per heavy atom. The number of aromatic nitrogens is 3. The molecule has 0 saturated carbocycles. The third-order valence-electron chi connectivity index (χ3n) is 4.37. The Bertz CT molecular complexity index is 1150. The molecule has 0 saturated heterocycles. The van der Waals surface area contributed by atoms with Crippen molar-refractivity contribution in [3.8, 4) is 11.5 Å². The number of nitrogens with one attached hydrogen (secondary N) is 1. The van der Waals surface area contributed by atoms with Crippen LogP contribution in [0.3, 0.4) is 0 Å². The van der Waals surface area contributed by atoms with Gasteiger partial charge < -0.3 is 19.4 Å². The van der Waals surface area contributed by atoms with Crippen LogP contribution in [0.25, 0.3) is 0 Å². The number of nitro benzene ring substituents is 1. The Morgan fingerprint density at radius 3 is 2.75 bits per heavy atom. The highest BCUT2D eigenvalue weighted by Gasteiger charge is 2.15. The Morgan fingerprint density at radius 1 is 1.25 bits per heavy atom. The number of ether oxygens (including phenoxy) is 2. The van der Waals surface area contributed by atoms with E-state index in [9.17, 15) is 14.9 Å². The number of anilines is 1. The summed E-state index contributed by atoms with van der Waals surface area (Å²) in [5.41, 5.74) is 1.06. The summed E-state index contributed by atoms with van der Waals surface area (Å²) in [5, 5.41) is 22.4. The standard InChI is InChI=1S/C20H20ClN5O5S/c1-12-4-7-16(17(8-12)30-3)31-10-18-23-24-20(25(18)2)32-11-19(27)22-15-9-13(26(28)29)5-6-14(15)21/h4-9H,10-11H2,1-3H3,(H,22,27). The highest BCUT2D eigenvalue weighted by molar-refractivity contribution is 7.99. The van der Waals surface area contributed by atoms with Crippen LogP contribution in [0.4, 0.5) is 11.4 Å². The molecule has 3 aromatic rings. The summed E-state index contributed by atoms with van der Waals surface area (Å²) in [4.78, 5) is 22.6. The number of amides is 1. The summed E-state index contributed by atoms with van der Waals surface area (Å²) in [6, 6.07) is 9.45. The molecule has 0 fully saturated rings. The average Bonchev–Trinajstić information content (AvgIpc) is 3.12. The lowest BCUT2D eigenvalue weighted by Gasteiger charge is -2.11. The van der Waals surface area contributed by atoms with E-state index in [2.05, 4.69) is 15.5 Å². The molecular weight excluding hydrogens is 458 g/mol. The quantitative estimate of drug-likeness (QED) is 0.279.